The van der Waals surface area contributed by atoms with Gasteiger partial charge in [0.1, 0.15) is 24.9 Å². The highest BCUT2D eigenvalue weighted by molar-refractivity contribution is 7.38. The number of nitrogens with one attached hydrogen (secondary N) is 2. The number of hydrogen-bond donors (Lipinski definition) is 5. The fourth-order valence-electron chi connectivity index (χ4n) is 6.03. The molecule has 0 radical (unpaired) electrons. The van der Waals surface area contributed by atoms with Crippen LogP contribution in [0.25, 0.3) is 22.3 Å². The molecule has 0 aromatic carbocycles. The maximum atomic E-state index is 15.3. The first kappa shape index (κ1) is 36.3. The first-order valence-electron chi connectivity index (χ1n) is 15.7. The van der Waals surface area contributed by atoms with Crippen LogP contribution in [0.2, 0.25) is 0 Å². The Morgan fingerprint density at radius 2 is 1.30 bits per heavy atom. The van der Waals surface area contributed by atoms with Crippen LogP contribution in [0.3, 0.4) is 0 Å². The van der Waals surface area contributed by atoms with Crippen LogP contribution < -0.4 is 16.1 Å². The third-order valence-corrected chi connectivity index (χ3v) is 9.51. The topological polar surface area (TPSA) is 249 Å². The van der Waals surface area contributed by atoms with Crippen LogP contribution in [-0.4, -0.2) is 119 Å². The molecule has 19 nitrogen and oxygen atoms in total. The second kappa shape index (κ2) is 15.8. The Hall–Kier alpha value is -3.52. The van der Waals surface area contributed by atoms with Crippen LogP contribution in [0.5, 0.6) is 0 Å². The molecule has 23 heteroatoms. The summed E-state index contributed by atoms with van der Waals surface area (Å²) in [4.78, 5) is 25.8. The van der Waals surface area contributed by atoms with Gasteiger partial charge < -0.3 is 30.3 Å². The van der Waals surface area contributed by atoms with Gasteiger partial charge in [-0.25, -0.2) is 38.7 Å². The molecule has 0 aliphatic carbocycles. The second-order valence-corrected chi connectivity index (χ2v) is 13.7. The van der Waals surface area contributed by atoms with Gasteiger partial charge in [-0.05, 0) is 27.9 Å². The quantitative estimate of drug-likeness (QED) is 0.103. The summed E-state index contributed by atoms with van der Waals surface area (Å²) in [5.41, 5.74) is 6.61. The summed E-state index contributed by atoms with van der Waals surface area (Å²) in [6, 6.07) is 0. The molecule has 2 saturated heterocycles. The summed E-state index contributed by atoms with van der Waals surface area (Å²) < 4.78 is 77.8. The maximum Gasteiger partial charge on any atom is 0.610 e. The van der Waals surface area contributed by atoms with Crippen LogP contribution in [0.1, 0.15) is 32.2 Å². The zero-order valence-corrected chi connectivity index (χ0v) is 28.7. The monoisotopic (exact) mass is 743 g/mol. The van der Waals surface area contributed by atoms with E-state index in [1.54, 1.807) is 0 Å². The molecule has 2 aliphatic heterocycles. The minimum Gasteiger partial charge on any atom is -0.394 e. The standard InChI is InChI=1S/C27H37F2N11O8P2/c1-13(3-5-31-22-18-24(35-9-33-22)39(11-37-18)26-16(28)20(47-49(2)43)14(7-41)45-26)4-6-32-23-19-25(36-10-34-23)40(12-38-19)27-17(29)21(48-50(30)44)15(8-42)46-27/h9-17,20-21,26-27,41-42H,3-8H2,1-2H3,(H2,30,44)(H,31,33,35)(H,32,34,36)/q+2/t13?,14-,15-,16-,17-,20-,21-,26-,27-/m1/s1. The van der Waals surface area contributed by atoms with E-state index in [2.05, 4.69) is 47.5 Å². The Labute approximate surface area is 285 Å². The van der Waals surface area contributed by atoms with Crippen molar-refractivity contribution in [2.45, 2.75) is 69.0 Å². The van der Waals surface area contributed by atoms with Crippen molar-refractivity contribution in [2.24, 2.45) is 11.4 Å². The van der Waals surface area contributed by atoms with Crippen LogP contribution in [0, 0.1) is 5.92 Å². The lowest BCUT2D eigenvalue weighted by Crippen LogP contribution is -2.32. The van der Waals surface area contributed by atoms with Crippen molar-refractivity contribution in [3.8, 4) is 0 Å². The minimum absolute atomic E-state index is 0.247. The third-order valence-electron chi connectivity index (χ3n) is 8.51. The summed E-state index contributed by atoms with van der Waals surface area (Å²) >= 11 is 0. The third kappa shape index (κ3) is 7.42. The van der Waals surface area contributed by atoms with E-state index in [1.807, 2.05) is 0 Å². The van der Waals surface area contributed by atoms with Gasteiger partial charge in [-0.2, -0.15) is 0 Å². The number of aliphatic hydroxyl groups excluding tert-OH is 2. The predicted octanol–water partition coefficient (Wildman–Crippen LogP) is 2.12. The normalized spacial score (nSPS) is 28.0. The molecule has 0 amide bonds. The lowest BCUT2D eigenvalue weighted by atomic mass is 10.0. The zero-order valence-electron chi connectivity index (χ0n) is 26.9. The molecule has 4 aromatic rings. The second-order valence-electron chi connectivity index (χ2n) is 11.9. The van der Waals surface area contributed by atoms with E-state index in [9.17, 15) is 19.3 Å². The minimum atomic E-state index is -2.62. The van der Waals surface area contributed by atoms with E-state index < -0.39 is 78.6 Å². The Morgan fingerprint density at radius 3 is 1.72 bits per heavy atom. The molecule has 3 unspecified atom stereocenters. The summed E-state index contributed by atoms with van der Waals surface area (Å²) in [6.07, 6.45) is -3.69. The number of rotatable bonds is 16. The predicted molar refractivity (Wildman–Crippen MR) is 173 cm³/mol. The number of nitrogens with two attached hydrogens (primary N) is 1. The highest BCUT2D eigenvalue weighted by Gasteiger charge is 2.52. The van der Waals surface area contributed by atoms with Crippen LogP contribution in [-0.2, 0) is 27.7 Å². The van der Waals surface area contributed by atoms with Gasteiger partial charge in [0.15, 0.2) is 77.6 Å². The van der Waals surface area contributed by atoms with Crippen molar-refractivity contribution in [3.05, 3.63) is 25.3 Å². The van der Waals surface area contributed by atoms with Crippen molar-refractivity contribution in [2.75, 3.05) is 43.6 Å². The van der Waals surface area contributed by atoms with E-state index in [4.69, 9.17) is 24.0 Å². The SMILES string of the molecule is CC(CCNc1ncnc2c1ncn2[C@@H]1O[C@H](CO)[C@@H](O[P+](C)=O)[C@H]1F)CCNc1ncnc2c1ncn2[C@@H]1O[C@H](CO)[C@@H](O[P+](N)=O)[C@H]1F. The molecule has 0 spiro atoms. The number of aliphatic hydroxyl groups is 2. The molecule has 270 valence electrons. The number of alkyl halides is 2. The fourth-order valence-corrected chi connectivity index (χ4v) is 7.11. The van der Waals surface area contributed by atoms with E-state index in [-0.39, 0.29) is 5.92 Å². The van der Waals surface area contributed by atoms with Gasteiger partial charge in [0.05, 0.1) is 25.9 Å². The first-order valence-corrected chi connectivity index (χ1v) is 18.6. The molecule has 6 rings (SSSR count). The van der Waals surface area contributed by atoms with Gasteiger partial charge in [-0.3, -0.25) is 9.13 Å². The molecule has 2 fully saturated rings. The number of hydrogen-bond acceptors (Lipinski definition) is 16. The maximum absolute atomic E-state index is 15.3. The van der Waals surface area contributed by atoms with Crippen molar-refractivity contribution < 1.29 is 46.6 Å². The van der Waals surface area contributed by atoms with Crippen molar-refractivity contribution in [1.29, 1.82) is 0 Å². The molecular formula is C27H37F2N11O8P2+2. The molecule has 6 heterocycles. The van der Waals surface area contributed by atoms with Crippen LogP contribution >= 0.6 is 16.2 Å². The fraction of sp³-hybridized carbons (Fsp3) is 0.630. The average Bonchev–Trinajstić information content (AvgIpc) is 3.85. The molecule has 50 heavy (non-hydrogen) atoms. The first-order chi connectivity index (χ1) is 24.1. The van der Waals surface area contributed by atoms with Gasteiger partial charge in [0, 0.05) is 13.1 Å². The van der Waals surface area contributed by atoms with Gasteiger partial charge in [-0.1, -0.05) is 12.4 Å². The molecule has 11 atom stereocenters. The van der Waals surface area contributed by atoms with Crippen LogP contribution in [0.15, 0.2) is 25.3 Å². The van der Waals surface area contributed by atoms with Gasteiger partial charge in [-0.15, -0.1) is 9.05 Å². The average molecular weight is 744 g/mol. The van der Waals surface area contributed by atoms with Crippen molar-refractivity contribution in [1.82, 2.24) is 39.0 Å². The van der Waals surface area contributed by atoms with Crippen LogP contribution in [0.4, 0.5) is 20.4 Å². The van der Waals surface area contributed by atoms with E-state index in [1.165, 1.54) is 41.1 Å². The summed E-state index contributed by atoms with van der Waals surface area (Å²) in [5.74, 6) is 1.14. The summed E-state index contributed by atoms with van der Waals surface area (Å²) in [6.45, 7) is 3.40. The Balaban J connectivity index is 1.03. The number of nitrogens with zero attached hydrogens (tertiary/aromatic N) is 8. The van der Waals surface area contributed by atoms with E-state index in [0.29, 0.717) is 47.1 Å². The largest absolute Gasteiger partial charge is 0.610 e. The van der Waals surface area contributed by atoms with Gasteiger partial charge in [0.2, 0.25) is 0 Å². The Bertz CT molecular complexity index is 1700. The summed E-state index contributed by atoms with van der Waals surface area (Å²) in [7, 11) is -4.74. The Morgan fingerprint density at radius 1 is 0.840 bits per heavy atom. The van der Waals surface area contributed by atoms with E-state index >= 15 is 8.78 Å². The molecule has 0 bridgehead atoms. The number of ether oxygens (including phenoxy) is 2. The van der Waals surface area contributed by atoms with Crippen molar-refractivity contribution >= 4 is 50.2 Å². The number of anilines is 2. The highest BCUT2D eigenvalue weighted by atomic mass is 31.1. The Kier molecular flexibility index (Phi) is 11.5. The van der Waals surface area contributed by atoms with Gasteiger partial charge >= 0.3 is 16.2 Å². The molecule has 0 saturated carbocycles. The van der Waals surface area contributed by atoms with Crippen molar-refractivity contribution in [3.63, 3.8) is 0 Å². The number of halogens is 2. The molecular weight excluding hydrogens is 706 g/mol. The lowest BCUT2D eigenvalue weighted by Gasteiger charge is -2.16. The summed E-state index contributed by atoms with van der Waals surface area (Å²) in [5, 5.41) is 25.8. The molecule has 4 aromatic heterocycles. The van der Waals surface area contributed by atoms with Gasteiger partial charge in [0.25, 0.3) is 0 Å². The molecule has 2 aliphatic rings. The lowest BCUT2D eigenvalue weighted by molar-refractivity contribution is -0.0429. The highest BCUT2D eigenvalue weighted by Crippen LogP contribution is 2.40. The number of aromatic nitrogens is 8. The molecule has 6 N–H and O–H groups in total. The zero-order chi connectivity index (χ0) is 35.5. The number of imidazole rings is 2. The van der Waals surface area contributed by atoms with E-state index in [0.717, 1.165) is 12.8 Å². The smallest absolute Gasteiger partial charge is 0.394 e. The number of fused-ring (bicyclic) bond motifs is 2.